The van der Waals surface area contributed by atoms with Gasteiger partial charge in [-0.1, -0.05) is 26.6 Å². The maximum absolute atomic E-state index is 10.3. The molecule has 2 heteroatoms. The molecular weight excluding hydrogens is 128 g/mol. The van der Waals surface area contributed by atoms with Crippen LogP contribution in [0.25, 0.3) is 0 Å². The first-order valence-corrected chi connectivity index (χ1v) is 6.76. The second kappa shape index (κ2) is 2.99. The quantitative estimate of drug-likeness (QED) is 0.426. The fourth-order valence-electron chi connectivity index (χ4n) is 0.756. The van der Waals surface area contributed by atoms with Crippen LogP contribution in [0.3, 0.4) is 0 Å². The van der Waals surface area contributed by atoms with E-state index in [4.69, 9.17) is 0 Å². The Morgan fingerprint density at radius 1 is 1.44 bits per heavy atom. The molecule has 0 heterocycles. The molecule has 0 rings (SSSR count). The molecule has 0 saturated carbocycles. The largest absolute Gasteiger partial charge is 0.234 e. The van der Waals surface area contributed by atoms with Gasteiger partial charge in [-0.25, -0.2) is 4.79 Å². The minimum atomic E-state index is -1.29. The van der Waals surface area contributed by atoms with E-state index < -0.39 is 8.07 Å². The Kier molecular flexibility index (Phi) is 2.88. The Hall–Kier alpha value is -0.333. The van der Waals surface area contributed by atoms with Crippen molar-refractivity contribution in [2.24, 2.45) is 0 Å². The van der Waals surface area contributed by atoms with Gasteiger partial charge in [0.1, 0.15) is 5.94 Å². The molecule has 0 N–H and O–H groups in total. The smallest absolute Gasteiger partial charge is 0.119 e. The van der Waals surface area contributed by atoms with Crippen molar-refractivity contribution in [1.29, 1.82) is 0 Å². The Labute approximate surface area is 57.8 Å². The molecule has 0 amide bonds. The zero-order valence-corrected chi connectivity index (χ0v) is 7.62. The van der Waals surface area contributed by atoms with Gasteiger partial charge in [0, 0.05) is 0 Å². The van der Waals surface area contributed by atoms with Gasteiger partial charge >= 0.3 is 0 Å². The second-order valence-corrected chi connectivity index (χ2v) is 8.29. The summed E-state index contributed by atoms with van der Waals surface area (Å²) in [6.45, 7) is 8.50. The third kappa shape index (κ3) is 2.63. The molecule has 0 radical (unpaired) electrons. The summed E-state index contributed by atoms with van der Waals surface area (Å²) >= 11 is 0. The lowest BCUT2D eigenvalue weighted by Crippen LogP contribution is -2.23. The van der Waals surface area contributed by atoms with Crippen molar-refractivity contribution in [2.75, 3.05) is 0 Å². The van der Waals surface area contributed by atoms with Crippen LogP contribution in [0.1, 0.15) is 13.3 Å². The average Bonchev–Trinajstić information content (AvgIpc) is 1.65. The molecule has 0 aromatic heterocycles. The van der Waals surface area contributed by atoms with Gasteiger partial charge in [-0.3, -0.25) is 0 Å². The van der Waals surface area contributed by atoms with Crippen molar-refractivity contribution < 1.29 is 4.79 Å². The summed E-state index contributed by atoms with van der Waals surface area (Å²) in [4.78, 5) is 10.3. The number of carbonyl (C=O) groups excluding carboxylic acids is 1. The Morgan fingerprint density at radius 2 is 1.89 bits per heavy atom. The van der Waals surface area contributed by atoms with E-state index in [0.717, 1.165) is 11.6 Å². The summed E-state index contributed by atoms with van der Waals surface area (Å²) in [7, 11) is -1.29. The zero-order chi connectivity index (χ0) is 7.49. The van der Waals surface area contributed by atoms with E-state index in [1.165, 1.54) is 0 Å². The van der Waals surface area contributed by atoms with Crippen molar-refractivity contribution in [3.8, 4) is 0 Å². The fourth-order valence-corrected chi connectivity index (χ4v) is 2.12. The fraction of sp³-hybridized carbons (Fsp3) is 0.714. The number of hydrogen-bond acceptors (Lipinski definition) is 1. The first kappa shape index (κ1) is 8.67. The average molecular weight is 142 g/mol. The van der Waals surface area contributed by atoms with Crippen molar-refractivity contribution >= 4 is 14.0 Å². The van der Waals surface area contributed by atoms with E-state index >= 15 is 0 Å². The minimum Gasteiger partial charge on any atom is -0.234 e. The molecule has 0 atom stereocenters. The molecule has 0 aliphatic carbocycles. The Balaban J connectivity index is 4.33. The molecule has 0 saturated heterocycles. The first-order valence-electron chi connectivity index (χ1n) is 3.26. The van der Waals surface area contributed by atoms with Crippen molar-refractivity contribution in [3.63, 3.8) is 0 Å². The van der Waals surface area contributed by atoms with Gasteiger partial charge < -0.3 is 0 Å². The van der Waals surface area contributed by atoms with E-state index in [1.807, 2.05) is 12.9 Å². The summed E-state index contributed by atoms with van der Waals surface area (Å²) in [5.74, 6) is 2.02. The summed E-state index contributed by atoms with van der Waals surface area (Å²) in [6.07, 6.45) is 0.874. The minimum absolute atomic E-state index is 0.874. The third-order valence-electron chi connectivity index (χ3n) is 1.38. The second-order valence-electron chi connectivity index (χ2n) is 3.18. The van der Waals surface area contributed by atoms with E-state index in [2.05, 4.69) is 19.6 Å². The predicted octanol–water partition coefficient (Wildman–Crippen LogP) is 2.03. The van der Waals surface area contributed by atoms with Crippen LogP contribution in [-0.2, 0) is 4.79 Å². The number of allylic oxidation sites excluding steroid dienone is 1. The first-order chi connectivity index (χ1) is 4.02. The number of rotatable bonds is 2. The summed E-state index contributed by atoms with van der Waals surface area (Å²) in [5.41, 5.74) is 0. The zero-order valence-electron chi connectivity index (χ0n) is 6.62. The van der Waals surface area contributed by atoms with Gasteiger partial charge in [-0.15, -0.1) is 0 Å². The van der Waals surface area contributed by atoms with Crippen LogP contribution in [0.15, 0.2) is 5.20 Å². The molecule has 52 valence electrons. The van der Waals surface area contributed by atoms with Crippen LogP contribution in [0.5, 0.6) is 0 Å². The maximum Gasteiger partial charge on any atom is 0.119 e. The van der Waals surface area contributed by atoms with E-state index in [1.54, 1.807) is 0 Å². The van der Waals surface area contributed by atoms with Crippen LogP contribution < -0.4 is 0 Å². The molecular formula is C7H14OSi. The van der Waals surface area contributed by atoms with Crippen LogP contribution >= 0.6 is 0 Å². The van der Waals surface area contributed by atoms with Crippen molar-refractivity contribution in [1.82, 2.24) is 0 Å². The van der Waals surface area contributed by atoms with Gasteiger partial charge in [-0.2, -0.15) is 0 Å². The van der Waals surface area contributed by atoms with E-state index in [9.17, 15) is 4.79 Å². The van der Waals surface area contributed by atoms with Crippen LogP contribution in [-0.4, -0.2) is 14.0 Å². The lowest BCUT2D eigenvalue weighted by Gasteiger charge is -2.14. The highest BCUT2D eigenvalue weighted by atomic mass is 28.3. The lowest BCUT2D eigenvalue weighted by molar-refractivity contribution is 0.567. The molecule has 0 aliphatic heterocycles. The number of hydrogen-bond donors (Lipinski definition) is 0. The van der Waals surface area contributed by atoms with Gasteiger partial charge in [0.05, 0.1) is 8.07 Å². The van der Waals surface area contributed by atoms with Crippen LogP contribution in [0.4, 0.5) is 0 Å². The molecule has 1 nitrogen and oxygen atoms in total. The van der Waals surface area contributed by atoms with Gasteiger partial charge in [0.2, 0.25) is 0 Å². The molecule has 0 fully saturated rings. The highest BCUT2D eigenvalue weighted by Crippen LogP contribution is 2.13. The van der Waals surface area contributed by atoms with Gasteiger partial charge in [0.15, 0.2) is 0 Å². The Morgan fingerprint density at radius 3 is 1.89 bits per heavy atom. The molecule has 0 unspecified atom stereocenters. The SMILES string of the molecule is CCC(=C=O)[Si](C)(C)C. The molecule has 0 aliphatic rings. The highest BCUT2D eigenvalue weighted by molar-refractivity contribution is 6.84. The van der Waals surface area contributed by atoms with Gasteiger partial charge in [0.25, 0.3) is 0 Å². The lowest BCUT2D eigenvalue weighted by atomic mass is 10.5. The highest BCUT2D eigenvalue weighted by Gasteiger charge is 2.18. The molecule has 0 spiro atoms. The molecule has 0 aromatic rings. The third-order valence-corrected chi connectivity index (χ3v) is 3.65. The van der Waals surface area contributed by atoms with Crippen molar-refractivity contribution in [2.45, 2.75) is 33.0 Å². The monoisotopic (exact) mass is 142 g/mol. The summed E-state index contributed by atoms with van der Waals surface area (Å²) in [6, 6.07) is 0. The normalized spacial score (nSPS) is 10.7. The Bertz CT molecular complexity index is 137. The van der Waals surface area contributed by atoms with E-state index in [0.29, 0.717) is 0 Å². The summed E-state index contributed by atoms with van der Waals surface area (Å²) in [5, 5.41) is 1.00. The topological polar surface area (TPSA) is 17.1 Å². The van der Waals surface area contributed by atoms with Crippen LogP contribution in [0.2, 0.25) is 19.6 Å². The maximum atomic E-state index is 10.3. The standard InChI is InChI=1S/C7H14OSi/c1-5-7(6-8)9(2,3)4/h5H2,1-4H3. The predicted molar refractivity (Wildman–Crippen MR) is 42.8 cm³/mol. The van der Waals surface area contributed by atoms with Crippen molar-refractivity contribution in [3.05, 3.63) is 5.20 Å². The van der Waals surface area contributed by atoms with E-state index in [-0.39, 0.29) is 0 Å². The summed E-state index contributed by atoms with van der Waals surface area (Å²) < 4.78 is 0. The van der Waals surface area contributed by atoms with Gasteiger partial charge in [-0.05, 0) is 11.6 Å². The molecule has 0 bridgehead atoms. The van der Waals surface area contributed by atoms with Crippen LogP contribution in [0, 0.1) is 0 Å². The molecule has 0 aromatic carbocycles. The molecule has 9 heavy (non-hydrogen) atoms.